The summed E-state index contributed by atoms with van der Waals surface area (Å²) >= 11 is 6.06. The van der Waals surface area contributed by atoms with E-state index in [1.165, 1.54) is 12.8 Å². The molecule has 3 N–H and O–H groups in total. The number of halogens is 1. The highest BCUT2D eigenvalue weighted by atomic mass is 35.5. The third-order valence-electron chi connectivity index (χ3n) is 2.96. The number of rotatable bonds is 4. The third kappa shape index (κ3) is 2.47. The van der Waals surface area contributed by atoms with E-state index in [4.69, 9.17) is 17.3 Å². The summed E-state index contributed by atoms with van der Waals surface area (Å²) in [4.78, 5) is 11.0. The first-order valence-corrected chi connectivity index (χ1v) is 5.81. The van der Waals surface area contributed by atoms with E-state index in [2.05, 4.69) is 12.2 Å². The second kappa shape index (κ2) is 4.34. The third-order valence-corrected chi connectivity index (χ3v) is 3.29. The van der Waals surface area contributed by atoms with Crippen LogP contribution in [0, 0.1) is 5.92 Å². The van der Waals surface area contributed by atoms with Crippen molar-refractivity contribution in [3.8, 4) is 0 Å². The molecular formula is C12H15ClN2O. The molecule has 1 fully saturated rings. The molecular weight excluding hydrogens is 224 g/mol. The maximum Gasteiger partial charge on any atom is 0.248 e. The van der Waals surface area contributed by atoms with Gasteiger partial charge in [-0.05, 0) is 43.9 Å². The number of hydrogen-bond donors (Lipinski definition) is 2. The zero-order valence-electron chi connectivity index (χ0n) is 9.16. The molecule has 1 amide bonds. The fourth-order valence-electron chi connectivity index (χ4n) is 1.75. The number of benzene rings is 1. The largest absolute Gasteiger partial charge is 0.381 e. The molecule has 0 spiro atoms. The minimum atomic E-state index is -0.432. The molecule has 1 aliphatic rings. The highest BCUT2D eigenvalue weighted by Gasteiger charge is 2.28. The molecule has 0 bridgehead atoms. The molecule has 0 aromatic heterocycles. The summed E-state index contributed by atoms with van der Waals surface area (Å²) in [5, 5.41) is 3.95. The fourth-order valence-corrected chi connectivity index (χ4v) is 1.92. The molecule has 1 atom stereocenters. The number of amides is 1. The zero-order chi connectivity index (χ0) is 11.7. The van der Waals surface area contributed by atoms with E-state index >= 15 is 0 Å². The lowest BCUT2D eigenvalue weighted by atomic mass is 10.1. The molecule has 0 heterocycles. The number of anilines is 1. The lowest BCUT2D eigenvalue weighted by molar-refractivity contribution is 0.100. The number of primary amides is 1. The van der Waals surface area contributed by atoms with Gasteiger partial charge in [0, 0.05) is 11.6 Å². The maximum absolute atomic E-state index is 11.0. The van der Waals surface area contributed by atoms with Crippen molar-refractivity contribution in [2.24, 2.45) is 11.7 Å². The Morgan fingerprint density at radius 2 is 2.25 bits per heavy atom. The first kappa shape index (κ1) is 11.3. The summed E-state index contributed by atoms with van der Waals surface area (Å²) in [6.07, 6.45) is 2.53. The van der Waals surface area contributed by atoms with Gasteiger partial charge in [0.1, 0.15) is 0 Å². The van der Waals surface area contributed by atoms with Gasteiger partial charge in [0.15, 0.2) is 0 Å². The Bertz CT molecular complexity index is 415. The average molecular weight is 239 g/mol. The van der Waals surface area contributed by atoms with Gasteiger partial charge >= 0.3 is 0 Å². The Morgan fingerprint density at radius 1 is 1.56 bits per heavy atom. The SMILES string of the molecule is CC(Nc1cc(C(N)=O)ccc1Cl)C1CC1. The lowest BCUT2D eigenvalue weighted by Gasteiger charge is -2.16. The predicted octanol–water partition coefficient (Wildman–Crippen LogP) is 2.65. The van der Waals surface area contributed by atoms with E-state index in [0.717, 1.165) is 11.6 Å². The molecule has 4 heteroatoms. The topological polar surface area (TPSA) is 55.1 Å². The zero-order valence-corrected chi connectivity index (χ0v) is 9.92. The minimum Gasteiger partial charge on any atom is -0.381 e. The molecule has 1 unspecified atom stereocenters. The van der Waals surface area contributed by atoms with Gasteiger partial charge in [0.05, 0.1) is 10.7 Å². The van der Waals surface area contributed by atoms with Crippen LogP contribution in [-0.2, 0) is 0 Å². The van der Waals surface area contributed by atoms with Crippen LogP contribution in [0.1, 0.15) is 30.1 Å². The van der Waals surface area contributed by atoms with Crippen molar-refractivity contribution in [1.29, 1.82) is 0 Å². The van der Waals surface area contributed by atoms with Crippen LogP contribution in [0.5, 0.6) is 0 Å². The Balaban J connectivity index is 2.17. The highest BCUT2D eigenvalue weighted by Crippen LogP contribution is 2.35. The molecule has 1 aliphatic carbocycles. The summed E-state index contributed by atoms with van der Waals surface area (Å²) < 4.78 is 0. The van der Waals surface area contributed by atoms with Gasteiger partial charge in [0.2, 0.25) is 5.91 Å². The van der Waals surface area contributed by atoms with Gasteiger partial charge in [-0.3, -0.25) is 4.79 Å². The summed E-state index contributed by atoms with van der Waals surface area (Å²) in [7, 11) is 0. The summed E-state index contributed by atoms with van der Waals surface area (Å²) in [5.74, 6) is 0.298. The maximum atomic E-state index is 11.0. The van der Waals surface area contributed by atoms with Crippen LogP contribution in [0.15, 0.2) is 18.2 Å². The molecule has 1 aromatic rings. The van der Waals surface area contributed by atoms with Gasteiger partial charge in [-0.25, -0.2) is 0 Å². The van der Waals surface area contributed by atoms with Crippen molar-refractivity contribution in [2.45, 2.75) is 25.8 Å². The number of carbonyl (C=O) groups excluding carboxylic acids is 1. The molecule has 0 radical (unpaired) electrons. The lowest BCUT2D eigenvalue weighted by Crippen LogP contribution is -2.18. The fraction of sp³-hybridized carbons (Fsp3) is 0.417. The number of nitrogens with two attached hydrogens (primary N) is 1. The van der Waals surface area contributed by atoms with Crippen molar-refractivity contribution < 1.29 is 4.79 Å². The molecule has 1 saturated carbocycles. The quantitative estimate of drug-likeness (QED) is 0.847. The first-order chi connectivity index (χ1) is 7.58. The predicted molar refractivity (Wildman–Crippen MR) is 65.8 cm³/mol. The smallest absolute Gasteiger partial charge is 0.248 e. The van der Waals surface area contributed by atoms with Gasteiger partial charge in [-0.15, -0.1) is 0 Å². The van der Waals surface area contributed by atoms with E-state index in [0.29, 0.717) is 16.6 Å². The second-order valence-corrected chi connectivity index (χ2v) is 4.74. The Kier molecular flexibility index (Phi) is 3.06. The minimum absolute atomic E-state index is 0.389. The molecule has 1 aromatic carbocycles. The first-order valence-electron chi connectivity index (χ1n) is 5.44. The monoisotopic (exact) mass is 238 g/mol. The average Bonchev–Trinajstić information content (AvgIpc) is 3.04. The summed E-state index contributed by atoms with van der Waals surface area (Å²) in [6.45, 7) is 2.13. The van der Waals surface area contributed by atoms with Crippen molar-refractivity contribution in [3.63, 3.8) is 0 Å². The van der Waals surface area contributed by atoms with Crippen LogP contribution in [0.4, 0.5) is 5.69 Å². The van der Waals surface area contributed by atoms with Crippen molar-refractivity contribution in [2.75, 3.05) is 5.32 Å². The van der Waals surface area contributed by atoms with Gasteiger partial charge in [0.25, 0.3) is 0 Å². The Morgan fingerprint density at radius 3 is 2.81 bits per heavy atom. The van der Waals surface area contributed by atoms with Crippen LogP contribution in [0.3, 0.4) is 0 Å². The van der Waals surface area contributed by atoms with Gasteiger partial charge < -0.3 is 11.1 Å². The number of carbonyl (C=O) groups is 1. The number of nitrogens with one attached hydrogen (secondary N) is 1. The second-order valence-electron chi connectivity index (χ2n) is 4.33. The normalized spacial score (nSPS) is 16.9. The van der Waals surface area contributed by atoms with Crippen LogP contribution in [0.25, 0.3) is 0 Å². The molecule has 0 aliphatic heterocycles. The van der Waals surface area contributed by atoms with Gasteiger partial charge in [-0.2, -0.15) is 0 Å². The van der Waals surface area contributed by atoms with Gasteiger partial charge in [-0.1, -0.05) is 11.6 Å². The molecule has 86 valence electrons. The van der Waals surface area contributed by atoms with E-state index in [1.54, 1.807) is 18.2 Å². The Labute approximate surface area is 100.0 Å². The molecule has 2 rings (SSSR count). The van der Waals surface area contributed by atoms with Crippen LogP contribution >= 0.6 is 11.6 Å². The standard InChI is InChI=1S/C12H15ClN2O/c1-7(8-2-3-8)15-11-6-9(12(14)16)4-5-10(11)13/h4-8,15H,2-3H2,1H3,(H2,14,16). The van der Waals surface area contributed by atoms with Crippen molar-refractivity contribution >= 4 is 23.2 Å². The molecule has 0 saturated heterocycles. The van der Waals surface area contributed by atoms with E-state index in [1.807, 2.05) is 0 Å². The summed E-state index contributed by atoms with van der Waals surface area (Å²) in [5.41, 5.74) is 6.50. The van der Waals surface area contributed by atoms with E-state index in [-0.39, 0.29) is 0 Å². The molecule has 16 heavy (non-hydrogen) atoms. The van der Waals surface area contributed by atoms with Crippen LogP contribution in [-0.4, -0.2) is 11.9 Å². The van der Waals surface area contributed by atoms with E-state index in [9.17, 15) is 4.79 Å². The van der Waals surface area contributed by atoms with Crippen LogP contribution in [0.2, 0.25) is 5.02 Å². The number of hydrogen-bond acceptors (Lipinski definition) is 2. The molecule has 3 nitrogen and oxygen atoms in total. The van der Waals surface area contributed by atoms with Crippen LogP contribution < -0.4 is 11.1 Å². The summed E-state index contributed by atoms with van der Waals surface area (Å²) in [6, 6.07) is 5.44. The highest BCUT2D eigenvalue weighted by molar-refractivity contribution is 6.33. The van der Waals surface area contributed by atoms with E-state index < -0.39 is 5.91 Å². The Hall–Kier alpha value is -1.22. The van der Waals surface area contributed by atoms with Crippen molar-refractivity contribution in [3.05, 3.63) is 28.8 Å². The van der Waals surface area contributed by atoms with Crippen molar-refractivity contribution in [1.82, 2.24) is 0 Å².